The van der Waals surface area contributed by atoms with E-state index >= 15 is 0 Å². The largest absolute Gasteiger partial charge is 0.480 e. The number of methoxy groups -OCH3 is 1. The van der Waals surface area contributed by atoms with Gasteiger partial charge in [0.1, 0.15) is 6.04 Å². The van der Waals surface area contributed by atoms with Crippen LogP contribution in [0.25, 0.3) is 0 Å². The zero-order valence-corrected chi connectivity index (χ0v) is 10.1. The Kier molecular flexibility index (Phi) is 3.62. The third-order valence-electron chi connectivity index (χ3n) is 3.14. The van der Waals surface area contributed by atoms with Gasteiger partial charge in [0, 0.05) is 19.4 Å². The fraction of sp³-hybridized carbons (Fsp3) is 0.385. The zero-order valence-electron chi connectivity index (χ0n) is 10.1. The molecule has 1 aliphatic rings. The van der Waals surface area contributed by atoms with Gasteiger partial charge in [0.05, 0.1) is 6.61 Å². The van der Waals surface area contributed by atoms with E-state index in [1.165, 1.54) is 0 Å². The molecule has 1 aromatic rings. The fourth-order valence-corrected chi connectivity index (χ4v) is 2.36. The predicted octanol–water partition coefficient (Wildman–Crippen LogP) is 0.890. The molecule has 96 valence electrons. The smallest absolute Gasteiger partial charge is 0.326 e. The van der Waals surface area contributed by atoms with Crippen LogP contribution in [0.15, 0.2) is 24.3 Å². The molecule has 1 fully saturated rings. The SMILES string of the molecule is COCc1ccccc1C1CC(=O)NC1C(=O)O. The van der Waals surface area contributed by atoms with E-state index in [-0.39, 0.29) is 18.2 Å². The minimum atomic E-state index is -1.00. The minimum Gasteiger partial charge on any atom is -0.480 e. The van der Waals surface area contributed by atoms with Crippen LogP contribution in [0.2, 0.25) is 0 Å². The van der Waals surface area contributed by atoms with Crippen molar-refractivity contribution in [2.75, 3.05) is 7.11 Å². The number of hydrogen-bond acceptors (Lipinski definition) is 3. The van der Waals surface area contributed by atoms with Gasteiger partial charge >= 0.3 is 5.97 Å². The fourth-order valence-electron chi connectivity index (χ4n) is 2.36. The monoisotopic (exact) mass is 249 g/mol. The van der Waals surface area contributed by atoms with Gasteiger partial charge in [-0.25, -0.2) is 4.79 Å². The number of amides is 1. The van der Waals surface area contributed by atoms with E-state index < -0.39 is 12.0 Å². The molecule has 0 aliphatic carbocycles. The van der Waals surface area contributed by atoms with E-state index in [1.54, 1.807) is 7.11 Å². The number of benzene rings is 1. The van der Waals surface area contributed by atoms with Gasteiger partial charge in [-0.05, 0) is 11.1 Å². The van der Waals surface area contributed by atoms with Gasteiger partial charge in [0.2, 0.25) is 5.91 Å². The summed E-state index contributed by atoms with van der Waals surface area (Å²) >= 11 is 0. The Labute approximate surface area is 105 Å². The third kappa shape index (κ3) is 2.36. The Morgan fingerprint density at radius 2 is 2.22 bits per heavy atom. The number of carboxylic acid groups (broad SMARTS) is 1. The van der Waals surface area contributed by atoms with Crippen molar-refractivity contribution in [3.63, 3.8) is 0 Å². The first kappa shape index (κ1) is 12.6. The van der Waals surface area contributed by atoms with Crippen molar-refractivity contribution >= 4 is 11.9 Å². The standard InChI is InChI=1S/C13H15NO4/c1-18-7-8-4-2-3-5-9(8)10-6-11(15)14-12(10)13(16)17/h2-5,10,12H,6-7H2,1H3,(H,14,15)(H,16,17). The summed E-state index contributed by atoms with van der Waals surface area (Å²) in [6.07, 6.45) is 0.206. The second-order valence-electron chi connectivity index (χ2n) is 4.33. The molecule has 1 saturated heterocycles. The van der Waals surface area contributed by atoms with E-state index in [9.17, 15) is 9.59 Å². The molecule has 5 nitrogen and oxygen atoms in total. The highest BCUT2D eigenvalue weighted by molar-refractivity contribution is 5.89. The molecule has 2 rings (SSSR count). The summed E-state index contributed by atoms with van der Waals surface area (Å²) < 4.78 is 5.10. The van der Waals surface area contributed by atoms with Crippen LogP contribution in [0.5, 0.6) is 0 Å². The van der Waals surface area contributed by atoms with Gasteiger partial charge in [-0.1, -0.05) is 24.3 Å². The normalized spacial score (nSPS) is 22.8. The minimum absolute atomic E-state index is 0.206. The number of hydrogen-bond donors (Lipinski definition) is 2. The van der Waals surface area contributed by atoms with Crippen molar-refractivity contribution in [3.05, 3.63) is 35.4 Å². The molecule has 5 heteroatoms. The molecule has 0 spiro atoms. The van der Waals surface area contributed by atoms with Gasteiger partial charge in [-0.3, -0.25) is 4.79 Å². The summed E-state index contributed by atoms with van der Waals surface area (Å²) in [5.41, 5.74) is 1.79. The number of aliphatic carboxylic acids is 1. The Morgan fingerprint density at radius 1 is 1.50 bits per heavy atom. The lowest BCUT2D eigenvalue weighted by atomic mass is 9.88. The first-order chi connectivity index (χ1) is 8.63. The summed E-state index contributed by atoms with van der Waals surface area (Å²) in [7, 11) is 1.59. The maximum atomic E-state index is 11.4. The number of nitrogens with one attached hydrogen (secondary N) is 1. The molecule has 0 saturated carbocycles. The van der Waals surface area contributed by atoms with Gasteiger partial charge in [-0.15, -0.1) is 0 Å². The summed E-state index contributed by atoms with van der Waals surface area (Å²) in [6.45, 7) is 0.410. The summed E-state index contributed by atoms with van der Waals surface area (Å²) in [6, 6.07) is 6.61. The van der Waals surface area contributed by atoms with Crippen LogP contribution in [-0.4, -0.2) is 30.1 Å². The topological polar surface area (TPSA) is 75.6 Å². The average Bonchev–Trinajstić information content (AvgIpc) is 2.72. The quantitative estimate of drug-likeness (QED) is 0.831. The predicted molar refractivity (Wildman–Crippen MR) is 64.1 cm³/mol. The molecular formula is C13H15NO4. The summed E-state index contributed by atoms with van der Waals surface area (Å²) in [5, 5.41) is 11.6. The summed E-state index contributed by atoms with van der Waals surface area (Å²) in [5.74, 6) is -1.56. The lowest BCUT2D eigenvalue weighted by Crippen LogP contribution is -2.36. The van der Waals surface area contributed by atoms with Crippen LogP contribution in [0.3, 0.4) is 0 Å². The van der Waals surface area contributed by atoms with E-state index in [0.29, 0.717) is 6.61 Å². The Bertz CT molecular complexity index is 472. The van der Waals surface area contributed by atoms with Crippen LogP contribution in [0.1, 0.15) is 23.5 Å². The number of carbonyl (C=O) groups is 2. The van der Waals surface area contributed by atoms with Gasteiger partial charge in [-0.2, -0.15) is 0 Å². The van der Waals surface area contributed by atoms with Crippen molar-refractivity contribution in [3.8, 4) is 0 Å². The van der Waals surface area contributed by atoms with Crippen molar-refractivity contribution in [1.82, 2.24) is 5.32 Å². The molecule has 2 unspecified atom stereocenters. The maximum absolute atomic E-state index is 11.4. The van der Waals surface area contributed by atoms with Crippen molar-refractivity contribution in [2.24, 2.45) is 0 Å². The number of ether oxygens (including phenoxy) is 1. The maximum Gasteiger partial charge on any atom is 0.326 e. The molecule has 1 amide bonds. The van der Waals surface area contributed by atoms with Crippen LogP contribution in [-0.2, 0) is 20.9 Å². The lowest BCUT2D eigenvalue weighted by Gasteiger charge is -2.18. The molecule has 1 heterocycles. The summed E-state index contributed by atoms with van der Waals surface area (Å²) in [4.78, 5) is 22.6. The molecule has 0 radical (unpaired) electrons. The number of carbonyl (C=O) groups excluding carboxylic acids is 1. The lowest BCUT2D eigenvalue weighted by molar-refractivity contribution is -0.140. The molecule has 1 aliphatic heterocycles. The number of carboxylic acids is 1. The van der Waals surface area contributed by atoms with Crippen LogP contribution in [0.4, 0.5) is 0 Å². The van der Waals surface area contributed by atoms with Crippen molar-refractivity contribution in [1.29, 1.82) is 0 Å². The highest BCUT2D eigenvalue weighted by atomic mass is 16.5. The van der Waals surface area contributed by atoms with E-state index in [4.69, 9.17) is 9.84 Å². The van der Waals surface area contributed by atoms with Crippen LogP contribution >= 0.6 is 0 Å². The highest BCUT2D eigenvalue weighted by Gasteiger charge is 2.39. The van der Waals surface area contributed by atoms with E-state index in [2.05, 4.69) is 5.32 Å². The van der Waals surface area contributed by atoms with Gasteiger partial charge < -0.3 is 15.2 Å². The van der Waals surface area contributed by atoms with Gasteiger partial charge in [0.25, 0.3) is 0 Å². The van der Waals surface area contributed by atoms with E-state index in [1.807, 2.05) is 24.3 Å². The molecule has 2 N–H and O–H groups in total. The Balaban J connectivity index is 2.35. The highest BCUT2D eigenvalue weighted by Crippen LogP contribution is 2.31. The average molecular weight is 249 g/mol. The van der Waals surface area contributed by atoms with Crippen LogP contribution in [0, 0.1) is 0 Å². The Morgan fingerprint density at radius 3 is 2.89 bits per heavy atom. The molecule has 1 aromatic carbocycles. The van der Waals surface area contributed by atoms with Crippen molar-refractivity contribution < 1.29 is 19.4 Å². The molecule has 0 bridgehead atoms. The van der Waals surface area contributed by atoms with E-state index in [0.717, 1.165) is 11.1 Å². The van der Waals surface area contributed by atoms with Crippen molar-refractivity contribution in [2.45, 2.75) is 25.0 Å². The van der Waals surface area contributed by atoms with Gasteiger partial charge in [0.15, 0.2) is 0 Å². The Hall–Kier alpha value is -1.88. The molecule has 2 atom stereocenters. The van der Waals surface area contributed by atoms with Crippen LogP contribution < -0.4 is 5.32 Å². The second kappa shape index (κ2) is 5.18. The second-order valence-corrected chi connectivity index (χ2v) is 4.33. The third-order valence-corrected chi connectivity index (χ3v) is 3.14. The first-order valence-electron chi connectivity index (χ1n) is 5.72. The molecule has 0 aromatic heterocycles. The molecular weight excluding hydrogens is 234 g/mol. The zero-order chi connectivity index (χ0) is 13.1. The molecule has 18 heavy (non-hydrogen) atoms. The first-order valence-corrected chi connectivity index (χ1v) is 5.72. The number of rotatable bonds is 4.